The van der Waals surface area contributed by atoms with Crippen molar-refractivity contribution in [2.24, 2.45) is 0 Å². The summed E-state index contributed by atoms with van der Waals surface area (Å²) in [5, 5.41) is 23.1. The van der Waals surface area contributed by atoms with Crippen molar-refractivity contribution in [3.8, 4) is 0 Å². The predicted molar refractivity (Wildman–Crippen MR) is 272 cm³/mol. The molecular weight excluding hydrogens is 747 g/mol. The number of amides is 1. The van der Waals surface area contributed by atoms with Crippen molar-refractivity contribution in [3.63, 3.8) is 0 Å². The van der Waals surface area contributed by atoms with Crippen molar-refractivity contribution >= 4 is 5.91 Å². The molecule has 4 nitrogen and oxygen atoms in total. The van der Waals surface area contributed by atoms with E-state index in [1.165, 1.54) is 244 Å². The van der Waals surface area contributed by atoms with E-state index in [2.05, 4.69) is 43.5 Å². The van der Waals surface area contributed by atoms with Crippen LogP contribution in [0.5, 0.6) is 0 Å². The minimum atomic E-state index is -0.869. The topological polar surface area (TPSA) is 69.6 Å². The number of carbonyl (C=O) groups excluding carboxylic acids is 1. The summed E-state index contributed by atoms with van der Waals surface area (Å²) in [6.45, 7) is 4.33. The van der Waals surface area contributed by atoms with Gasteiger partial charge in [-0.05, 0) is 44.9 Å². The standard InChI is InChI=1S/C57H109NO3/c1-3-5-7-9-11-13-15-17-19-21-23-24-25-26-27-28-29-30-31-32-33-35-36-38-40-42-44-46-48-50-52-56(60)55(54-59)58-57(61)53-51-49-47-45-43-41-39-37-34-22-20-18-16-14-12-10-8-6-4-2/h35-36,42,44,50,52,55-56,59-60H,3-34,37-41,43,45-49,51,53-54H2,1-2H3,(H,58,61)/b36-35+,44-42+,52-50+. The molecule has 0 spiro atoms. The summed E-state index contributed by atoms with van der Waals surface area (Å²) in [6, 6.07) is -0.643. The molecular formula is C57H109NO3. The number of allylic oxidation sites excluding steroid dienone is 5. The molecule has 360 valence electrons. The first-order chi connectivity index (χ1) is 30.2. The monoisotopic (exact) mass is 856 g/mol. The molecule has 0 aliphatic rings. The molecule has 0 aromatic carbocycles. The third-order valence-corrected chi connectivity index (χ3v) is 12.9. The first kappa shape index (κ1) is 59.6. The summed E-state index contributed by atoms with van der Waals surface area (Å²) < 4.78 is 0. The number of aliphatic hydroxyl groups is 2. The van der Waals surface area contributed by atoms with Crippen molar-refractivity contribution in [2.75, 3.05) is 6.61 Å². The number of aliphatic hydroxyl groups excluding tert-OH is 2. The van der Waals surface area contributed by atoms with Crippen LogP contribution in [0.4, 0.5) is 0 Å². The van der Waals surface area contributed by atoms with Gasteiger partial charge in [-0.25, -0.2) is 0 Å². The average molecular weight is 857 g/mol. The fourth-order valence-electron chi connectivity index (χ4n) is 8.63. The predicted octanol–water partition coefficient (Wildman–Crippen LogP) is 18.1. The van der Waals surface area contributed by atoms with Gasteiger partial charge < -0.3 is 15.5 Å². The van der Waals surface area contributed by atoms with E-state index in [-0.39, 0.29) is 12.5 Å². The Balaban J connectivity index is 3.53. The molecule has 0 radical (unpaired) electrons. The lowest BCUT2D eigenvalue weighted by Gasteiger charge is -2.19. The lowest BCUT2D eigenvalue weighted by molar-refractivity contribution is -0.123. The SMILES string of the molecule is CCCCCCCCCCCCCCCCCCCCCC/C=C/CC/C=C/CC/C=C/C(O)C(CO)NC(=O)CCCCCCCCCCCCCCCCCCCCC. The van der Waals surface area contributed by atoms with E-state index in [9.17, 15) is 15.0 Å². The summed E-state index contributed by atoms with van der Waals surface area (Å²) in [6.07, 6.45) is 71.7. The summed E-state index contributed by atoms with van der Waals surface area (Å²) in [5.41, 5.74) is 0. The van der Waals surface area contributed by atoms with Crippen molar-refractivity contribution in [2.45, 2.75) is 315 Å². The maximum Gasteiger partial charge on any atom is 0.220 e. The van der Waals surface area contributed by atoms with E-state index in [4.69, 9.17) is 0 Å². The van der Waals surface area contributed by atoms with Crippen LogP contribution in [0.2, 0.25) is 0 Å². The highest BCUT2D eigenvalue weighted by atomic mass is 16.3. The van der Waals surface area contributed by atoms with Gasteiger partial charge in [-0.15, -0.1) is 0 Å². The lowest BCUT2D eigenvalue weighted by Crippen LogP contribution is -2.45. The molecule has 2 atom stereocenters. The molecule has 0 aromatic rings. The Bertz CT molecular complexity index is 928. The van der Waals surface area contributed by atoms with Gasteiger partial charge in [-0.1, -0.05) is 288 Å². The van der Waals surface area contributed by atoms with Crippen molar-refractivity contribution in [1.82, 2.24) is 5.32 Å². The van der Waals surface area contributed by atoms with Crippen LogP contribution < -0.4 is 5.32 Å². The van der Waals surface area contributed by atoms with Gasteiger partial charge in [0.05, 0.1) is 18.8 Å². The average Bonchev–Trinajstić information content (AvgIpc) is 3.26. The van der Waals surface area contributed by atoms with E-state index >= 15 is 0 Å². The number of nitrogens with one attached hydrogen (secondary N) is 1. The van der Waals surface area contributed by atoms with Gasteiger partial charge in [0.25, 0.3) is 0 Å². The van der Waals surface area contributed by atoms with Crippen LogP contribution in [-0.4, -0.2) is 34.9 Å². The minimum Gasteiger partial charge on any atom is -0.394 e. The summed E-state index contributed by atoms with van der Waals surface area (Å²) in [5.74, 6) is -0.0730. The highest BCUT2D eigenvalue weighted by Crippen LogP contribution is 2.17. The highest BCUT2D eigenvalue weighted by molar-refractivity contribution is 5.76. The van der Waals surface area contributed by atoms with E-state index in [0.29, 0.717) is 6.42 Å². The van der Waals surface area contributed by atoms with Crippen LogP contribution in [0, 0.1) is 0 Å². The van der Waals surface area contributed by atoms with E-state index in [1.54, 1.807) is 6.08 Å². The third-order valence-electron chi connectivity index (χ3n) is 12.9. The molecule has 0 aliphatic heterocycles. The maximum atomic E-state index is 12.4. The first-order valence-corrected chi connectivity index (χ1v) is 27.7. The Morgan fingerprint density at radius 1 is 0.377 bits per heavy atom. The molecule has 2 unspecified atom stereocenters. The lowest BCUT2D eigenvalue weighted by atomic mass is 10.0. The van der Waals surface area contributed by atoms with Gasteiger partial charge >= 0.3 is 0 Å². The molecule has 0 fully saturated rings. The van der Waals surface area contributed by atoms with Gasteiger partial charge in [0.15, 0.2) is 0 Å². The van der Waals surface area contributed by atoms with Crippen LogP contribution in [0.1, 0.15) is 303 Å². The van der Waals surface area contributed by atoms with Crippen molar-refractivity contribution in [1.29, 1.82) is 0 Å². The van der Waals surface area contributed by atoms with Crippen molar-refractivity contribution in [3.05, 3.63) is 36.5 Å². The van der Waals surface area contributed by atoms with E-state index < -0.39 is 12.1 Å². The molecule has 0 saturated heterocycles. The molecule has 0 rings (SSSR count). The van der Waals surface area contributed by atoms with Crippen LogP contribution in [0.3, 0.4) is 0 Å². The van der Waals surface area contributed by atoms with Gasteiger partial charge in [0, 0.05) is 6.42 Å². The molecule has 4 heteroatoms. The second-order valence-corrected chi connectivity index (χ2v) is 19.0. The number of hydrogen-bond donors (Lipinski definition) is 3. The number of rotatable bonds is 51. The number of unbranched alkanes of at least 4 members (excludes halogenated alkanes) is 40. The molecule has 0 aromatic heterocycles. The molecule has 0 bridgehead atoms. The van der Waals surface area contributed by atoms with E-state index in [1.807, 2.05) is 6.08 Å². The fraction of sp³-hybridized carbons (Fsp3) is 0.877. The normalized spacial score (nSPS) is 13.0. The van der Waals surface area contributed by atoms with Crippen LogP contribution in [0.25, 0.3) is 0 Å². The van der Waals surface area contributed by atoms with Gasteiger partial charge in [0.2, 0.25) is 5.91 Å². The summed E-state index contributed by atoms with van der Waals surface area (Å²) >= 11 is 0. The van der Waals surface area contributed by atoms with E-state index in [0.717, 1.165) is 38.5 Å². The molecule has 1 amide bonds. The zero-order valence-electron chi connectivity index (χ0n) is 41.4. The van der Waals surface area contributed by atoms with Gasteiger partial charge in [-0.2, -0.15) is 0 Å². The van der Waals surface area contributed by atoms with Crippen LogP contribution >= 0.6 is 0 Å². The Morgan fingerprint density at radius 2 is 0.639 bits per heavy atom. The quantitative estimate of drug-likeness (QED) is 0.0422. The molecule has 0 saturated carbocycles. The minimum absolute atomic E-state index is 0.0730. The largest absolute Gasteiger partial charge is 0.394 e. The fourth-order valence-corrected chi connectivity index (χ4v) is 8.63. The first-order valence-electron chi connectivity index (χ1n) is 27.7. The number of hydrogen-bond acceptors (Lipinski definition) is 3. The highest BCUT2D eigenvalue weighted by Gasteiger charge is 2.18. The second-order valence-electron chi connectivity index (χ2n) is 19.0. The number of carbonyl (C=O) groups is 1. The molecule has 0 heterocycles. The third kappa shape index (κ3) is 49.5. The molecule has 0 aliphatic carbocycles. The Kier molecular flexibility index (Phi) is 51.7. The van der Waals surface area contributed by atoms with Gasteiger partial charge in [-0.3, -0.25) is 4.79 Å². The molecule has 61 heavy (non-hydrogen) atoms. The smallest absolute Gasteiger partial charge is 0.220 e. The molecule has 3 N–H and O–H groups in total. The Labute approximate surface area is 382 Å². The van der Waals surface area contributed by atoms with Crippen LogP contribution in [-0.2, 0) is 4.79 Å². The second kappa shape index (κ2) is 53.0. The zero-order chi connectivity index (χ0) is 44.2. The Hall–Kier alpha value is -1.39. The summed E-state index contributed by atoms with van der Waals surface area (Å²) in [7, 11) is 0. The van der Waals surface area contributed by atoms with Crippen molar-refractivity contribution < 1.29 is 15.0 Å². The Morgan fingerprint density at radius 3 is 0.951 bits per heavy atom. The summed E-state index contributed by atoms with van der Waals surface area (Å²) in [4.78, 5) is 12.4. The van der Waals surface area contributed by atoms with Crippen LogP contribution in [0.15, 0.2) is 36.5 Å². The maximum absolute atomic E-state index is 12.4. The zero-order valence-corrected chi connectivity index (χ0v) is 41.4. The van der Waals surface area contributed by atoms with Gasteiger partial charge in [0.1, 0.15) is 0 Å².